The summed E-state index contributed by atoms with van der Waals surface area (Å²) in [6, 6.07) is 12.9. The molecule has 3 unspecified atom stereocenters. The number of rotatable bonds is 4. The molecule has 0 aliphatic carbocycles. The smallest absolute Gasteiger partial charge is 0.308 e. The molecule has 180 valence electrons. The zero-order valence-electron chi connectivity index (χ0n) is 18.8. The number of nitrogens with zero attached hydrogens (tertiary/aromatic N) is 3. The van der Waals surface area contributed by atoms with Crippen LogP contribution in [0.4, 0.5) is 5.69 Å². The summed E-state index contributed by atoms with van der Waals surface area (Å²) >= 11 is 3.89. The van der Waals surface area contributed by atoms with Crippen molar-refractivity contribution in [2.75, 3.05) is 18.0 Å². The van der Waals surface area contributed by atoms with E-state index in [0.717, 1.165) is 40.4 Å². The maximum Gasteiger partial charge on any atom is 0.308 e. The highest BCUT2D eigenvalue weighted by Crippen LogP contribution is 2.54. The molecule has 7 nitrogen and oxygen atoms in total. The number of carbonyl (C=O) groups excluding carboxylic acids is 3. The summed E-state index contributed by atoms with van der Waals surface area (Å²) in [5.74, 6) is -1.55. The number of hydrogen-bond donors (Lipinski definition) is 0. The summed E-state index contributed by atoms with van der Waals surface area (Å²) in [6.45, 7) is 1.40. The van der Waals surface area contributed by atoms with E-state index in [-0.39, 0.29) is 35.1 Å². The fourth-order valence-corrected chi connectivity index (χ4v) is 8.96. The number of benzene rings is 1. The molecule has 6 rings (SSSR count). The zero-order valence-corrected chi connectivity index (χ0v) is 21.2. The third kappa shape index (κ3) is 3.78. The van der Waals surface area contributed by atoms with Crippen molar-refractivity contribution >= 4 is 57.8 Å². The minimum absolute atomic E-state index is 0.0310. The molecule has 0 radical (unpaired) electrons. The van der Waals surface area contributed by atoms with Gasteiger partial charge < -0.3 is 4.90 Å². The van der Waals surface area contributed by atoms with Gasteiger partial charge in [-0.15, -0.1) is 11.3 Å². The topological polar surface area (TPSA) is 79.7 Å². The third-order valence-electron chi connectivity index (χ3n) is 6.92. The second-order valence-corrected chi connectivity index (χ2v) is 12.1. The van der Waals surface area contributed by atoms with Gasteiger partial charge >= 0.3 is 4.87 Å². The summed E-state index contributed by atoms with van der Waals surface area (Å²) < 4.78 is 1.53. The summed E-state index contributed by atoms with van der Waals surface area (Å²) in [5, 5.41) is 1.95. The quantitative estimate of drug-likeness (QED) is 0.485. The van der Waals surface area contributed by atoms with Crippen molar-refractivity contribution in [3.05, 3.63) is 67.3 Å². The van der Waals surface area contributed by atoms with E-state index in [1.54, 1.807) is 12.1 Å². The Morgan fingerprint density at radius 2 is 1.71 bits per heavy atom. The molecule has 1 aromatic carbocycles. The molecule has 0 bridgehead atoms. The Labute approximate surface area is 214 Å². The maximum atomic E-state index is 13.7. The maximum absolute atomic E-state index is 13.7. The Hall–Kier alpha value is -2.69. The van der Waals surface area contributed by atoms with Crippen LogP contribution in [-0.4, -0.2) is 45.5 Å². The van der Waals surface area contributed by atoms with Crippen molar-refractivity contribution in [3.8, 4) is 0 Å². The number of thiazole rings is 1. The van der Waals surface area contributed by atoms with Crippen LogP contribution in [-0.2, 0) is 20.9 Å². The Morgan fingerprint density at radius 1 is 0.943 bits per heavy atom. The second kappa shape index (κ2) is 9.07. The van der Waals surface area contributed by atoms with Crippen molar-refractivity contribution in [1.82, 2.24) is 9.47 Å². The van der Waals surface area contributed by atoms with E-state index >= 15 is 0 Å². The molecule has 2 fully saturated rings. The molecular formula is C25H23N3O4S3. The fraction of sp³-hybridized carbons (Fsp3) is 0.360. The Bertz CT molecular complexity index is 1340. The lowest BCUT2D eigenvalue weighted by Crippen LogP contribution is -2.39. The van der Waals surface area contributed by atoms with Crippen molar-refractivity contribution in [2.45, 2.75) is 42.0 Å². The number of amides is 3. The average Bonchev–Trinajstić information content (AvgIpc) is 3.58. The highest BCUT2D eigenvalue weighted by atomic mass is 32.2. The average molecular weight is 526 g/mol. The normalized spacial score (nSPS) is 23.9. The number of para-hydroxylation sites is 1. The van der Waals surface area contributed by atoms with Crippen LogP contribution < -0.4 is 9.77 Å². The first-order valence-corrected chi connectivity index (χ1v) is 14.3. The molecule has 3 aliphatic rings. The predicted octanol–water partition coefficient (Wildman–Crippen LogP) is 3.78. The van der Waals surface area contributed by atoms with Crippen molar-refractivity contribution in [1.29, 1.82) is 0 Å². The molecule has 10 heteroatoms. The van der Waals surface area contributed by atoms with Crippen LogP contribution in [0.25, 0.3) is 0 Å². The number of piperidine rings is 1. The molecular weight excluding hydrogens is 502 g/mol. The van der Waals surface area contributed by atoms with Crippen LogP contribution >= 0.6 is 34.4 Å². The van der Waals surface area contributed by atoms with Gasteiger partial charge in [0.1, 0.15) is 11.8 Å². The first kappa shape index (κ1) is 22.8. The van der Waals surface area contributed by atoms with E-state index in [1.165, 1.54) is 32.6 Å². The van der Waals surface area contributed by atoms with Crippen LogP contribution in [0.15, 0.2) is 57.7 Å². The third-order valence-corrected chi connectivity index (χ3v) is 10.5. The number of thiophene rings is 1. The summed E-state index contributed by atoms with van der Waals surface area (Å²) in [5.41, 5.74) is 0.559. The van der Waals surface area contributed by atoms with Crippen LogP contribution in [0.1, 0.15) is 34.9 Å². The lowest BCUT2D eigenvalue weighted by atomic mass is 9.87. The minimum atomic E-state index is -0.646. The molecule has 2 saturated heterocycles. The van der Waals surface area contributed by atoms with Gasteiger partial charge in [0.2, 0.25) is 17.7 Å². The van der Waals surface area contributed by atoms with Gasteiger partial charge in [-0.25, -0.2) is 4.90 Å². The van der Waals surface area contributed by atoms with Crippen LogP contribution in [0.3, 0.4) is 0 Å². The van der Waals surface area contributed by atoms with E-state index in [9.17, 15) is 19.2 Å². The number of imide groups is 1. The Morgan fingerprint density at radius 3 is 2.43 bits per heavy atom. The van der Waals surface area contributed by atoms with Gasteiger partial charge in [0.25, 0.3) is 0 Å². The van der Waals surface area contributed by atoms with E-state index in [1.807, 2.05) is 40.6 Å². The first-order valence-electron chi connectivity index (χ1n) is 11.7. The monoisotopic (exact) mass is 525 g/mol. The summed E-state index contributed by atoms with van der Waals surface area (Å²) in [6.07, 6.45) is 3.08. The van der Waals surface area contributed by atoms with Gasteiger partial charge in [-0.2, -0.15) is 0 Å². The zero-order chi connectivity index (χ0) is 24.1. The molecule has 2 aromatic heterocycles. The fourth-order valence-electron chi connectivity index (χ4n) is 5.24. The molecule has 3 aromatic rings. The number of carbonyl (C=O) groups is 3. The van der Waals surface area contributed by atoms with Gasteiger partial charge in [-0.1, -0.05) is 47.4 Å². The van der Waals surface area contributed by atoms with Crippen LogP contribution in [0.5, 0.6) is 0 Å². The molecule has 0 saturated carbocycles. The molecule has 5 heterocycles. The molecule has 0 spiro atoms. The first-order chi connectivity index (χ1) is 17.0. The van der Waals surface area contributed by atoms with E-state index in [2.05, 4.69) is 0 Å². The van der Waals surface area contributed by atoms with Gasteiger partial charge in [0, 0.05) is 28.8 Å². The SMILES string of the molecule is O=C(Cn1c2c(sc1=O)C(c1cccs1)C1C(=O)N(c3ccccc3)C(=O)C1S2)N1CCCCC1. The number of hydrogen-bond acceptors (Lipinski definition) is 7. The number of thioether (sulfide) groups is 1. The Kier molecular flexibility index (Phi) is 5.90. The highest BCUT2D eigenvalue weighted by Gasteiger charge is 2.57. The molecule has 3 aliphatic heterocycles. The summed E-state index contributed by atoms with van der Waals surface area (Å²) in [7, 11) is 0. The van der Waals surface area contributed by atoms with Gasteiger partial charge in [0.15, 0.2) is 0 Å². The molecule has 0 N–H and O–H groups in total. The molecule has 35 heavy (non-hydrogen) atoms. The standard InChI is InChI=1S/C25H23N3O4S3/c29-17(26-11-5-2-6-12-26)14-27-24-21(35-25(27)32)18(16-10-7-13-33-16)19-20(34-24)23(31)28(22(19)30)15-8-3-1-4-9-15/h1,3-4,7-10,13,18-20H,2,5-6,11-12,14H2. The van der Waals surface area contributed by atoms with E-state index in [0.29, 0.717) is 23.8 Å². The van der Waals surface area contributed by atoms with Gasteiger partial charge in [0.05, 0.1) is 16.6 Å². The number of likely N-dealkylation sites (tertiary alicyclic amines) is 1. The van der Waals surface area contributed by atoms with Crippen molar-refractivity contribution < 1.29 is 14.4 Å². The van der Waals surface area contributed by atoms with E-state index in [4.69, 9.17) is 0 Å². The minimum Gasteiger partial charge on any atom is -0.341 e. The van der Waals surface area contributed by atoms with Crippen molar-refractivity contribution in [3.63, 3.8) is 0 Å². The largest absolute Gasteiger partial charge is 0.341 e. The van der Waals surface area contributed by atoms with Gasteiger partial charge in [-0.3, -0.25) is 23.7 Å². The van der Waals surface area contributed by atoms with Crippen molar-refractivity contribution in [2.24, 2.45) is 5.92 Å². The van der Waals surface area contributed by atoms with Gasteiger partial charge in [-0.05, 0) is 42.8 Å². The predicted molar refractivity (Wildman–Crippen MR) is 137 cm³/mol. The lowest BCUT2D eigenvalue weighted by Gasteiger charge is -2.30. The lowest BCUT2D eigenvalue weighted by molar-refractivity contribution is -0.133. The number of anilines is 1. The second-order valence-electron chi connectivity index (χ2n) is 8.97. The van der Waals surface area contributed by atoms with E-state index < -0.39 is 11.2 Å². The summed E-state index contributed by atoms with van der Waals surface area (Å²) in [4.78, 5) is 58.1. The number of aromatic nitrogens is 1. The van der Waals surface area contributed by atoms with Crippen LogP contribution in [0, 0.1) is 5.92 Å². The number of fused-ring (bicyclic) bond motifs is 2. The highest BCUT2D eigenvalue weighted by molar-refractivity contribution is 8.00. The Balaban J connectivity index is 1.41. The molecule has 3 amide bonds. The molecule has 3 atom stereocenters. The van der Waals surface area contributed by atoms with Crippen LogP contribution in [0.2, 0.25) is 0 Å².